The van der Waals surface area contributed by atoms with Gasteiger partial charge in [0, 0.05) is 45.4 Å². The fourth-order valence-electron chi connectivity index (χ4n) is 2.36. The van der Waals surface area contributed by atoms with Crippen molar-refractivity contribution in [1.82, 2.24) is 15.1 Å². The number of hydrogen-bond donors (Lipinski definition) is 1. The minimum Gasteiger partial charge on any atom is -0.380 e. The van der Waals surface area contributed by atoms with Crippen molar-refractivity contribution >= 4 is 5.82 Å². The van der Waals surface area contributed by atoms with Crippen molar-refractivity contribution < 1.29 is 4.74 Å². The highest BCUT2D eigenvalue weighted by Gasteiger charge is 2.23. The lowest BCUT2D eigenvalue weighted by Gasteiger charge is -2.21. The summed E-state index contributed by atoms with van der Waals surface area (Å²) in [5.41, 5.74) is 2.43. The van der Waals surface area contributed by atoms with Crippen molar-refractivity contribution in [2.45, 2.75) is 39.3 Å². The molecule has 0 radical (unpaired) electrons. The number of nitrogens with zero attached hydrogens (tertiary/aromatic N) is 3. The molecule has 1 saturated carbocycles. The van der Waals surface area contributed by atoms with Gasteiger partial charge in [-0.3, -0.25) is 4.68 Å². The standard InChI is InChI=1S/C14H26N4O/c1-5-19-9-8-17(3)14-13(10-15-12-6-7-12)11(2)16-18(14)4/h12,15H,5-10H2,1-4H3. The predicted octanol–water partition coefficient (Wildman–Crippen LogP) is 1.45. The molecule has 19 heavy (non-hydrogen) atoms. The Labute approximate surface area is 115 Å². The van der Waals surface area contributed by atoms with Gasteiger partial charge in [0.1, 0.15) is 5.82 Å². The Kier molecular flexibility index (Phi) is 4.82. The molecule has 5 nitrogen and oxygen atoms in total. The van der Waals surface area contributed by atoms with E-state index in [4.69, 9.17) is 4.74 Å². The second-order valence-electron chi connectivity index (χ2n) is 5.28. The quantitative estimate of drug-likeness (QED) is 0.723. The lowest BCUT2D eigenvalue weighted by Crippen LogP contribution is -2.27. The zero-order valence-corrected chi connectivity index (χ0v) is 12.6. The van der Waals surface area contributed by atoms with Crippen LogP contribution in [-0.4, -0.2) is 42.6 Å². The Hall–Kier alpha value is -1.07. The van der Waals surface area contributed by atoms with E-state index in [1.165, 1.54) is 24.2 Å². The van der Waals surface area contributed by atoms with Crippen LogP contribution in [0.1, 0.15) is 31.0 Å². The third kappa shape index (κ3) is 3.70. The van der Waals surface area contributed by atoms with Crippen molar-refractivity contribution in [3.05, 3.63) is 11.3 Å². The van der Waals surface area contributed by atoms with Crippen molar-refractivity contribution in [3.63, 3.8) is 0 Å². The number of ether oxygens (including phenoxy) is 1. The first-order valence-corrected chi connectivity index (χ1v) is 7.18. The summed E-state index contributed by atoms with van der Waals surface area (Å²) in [6, 6.07) is 0.723. The Balaban J connectivity index is 2.03. The summed E-state index contributed by atoms with van der Waals surface area (Å²) in [6.07, 6.45) is 2.63. The van der Waals surface area contributed by atoms with Gasteiger partial charge >= 0.3 is 0 Å². The van der Waals surface area contributed by atoms with Gasteiger partial charge < -0.3 is 15.0 Å². The molecule has 1 heterocycles. The lowest BCUT2D eigenvalue weighted by molar-refractivity contribution is 0.154. The van der Waals surface area contributed by atoms with Gasteiger partial charge in [0.15, 0.2) is 0 Å². The van der Waals surface area contributed by atoms with Crippen LogP contribution < -0.4 is 10.2 Å². The third-order valence-corrected chi connectivity index (χ3v) is 3.59. The molecule has 5 heteroatoms. The topological polar surface area (TPSA) is 42.3 Å². The molecule has 1 aromatic heterocycles. The highest BCUT2D eigenvalue weighted by molar-refractivity contribution is 5.49. The Morgan fingerprint density at radius 3 is 2.84 bits per heavy atom. The fourth-order valence-corrected chi connectivity index (χ4v) is 2.36. The summed E-state index contributed by atoms with van der Waals surface area (Å²) in [5, 5.41) is 8.13. The van der Waals surface area contributed by atoms with E-state index in [1.54, 1.807) is 0 Å². The van der Waals surface area contributed by atoms with Crippen molar-refractivity contribution in [2.75, 3.05) is 31.7 Å². The molecular formula is C14H26N4O. The van der Waals surface area contributed by atoms with E-state index >= 15 is 0 Å². The molecule has 2 rings (SSSR count). The highest BCUT2D eigenvalue weighted by atomic mass is 16.5. The van der Waals surface area contributed by atoms with Gasteiger partial charge in [-0.2, -0.15) is 5.10 Å². The second kappa shape index (κ2) is 6.39. The van der Waals surface area contributed by atoms with Crippen LogP contribution in [-0.2, 0) is 18.3 Å². The first kappa shape index (κ1) is 14.3. The van der Waals surface area contributed by atoms with E-state index in [1.807, 2.05) is 18.7 Å². The molecule has 0 bridgehead atoms. The monoisotopic (exact) mass is 266 g/mol. The number of nitrogens with one attached hydrogen (secondary N) is 1. The molecule has 0 atom stereocenters. The van der Waals surface area contributed by atoms with E-state index in [9.17, 15) is 0 Å². The summed E-state index contributed by atoms with van der Waals surface area (Å²) in [4.78, 5) is 2.24. The molecule has 1 aliphatic rings. The smallest absolute Gasteiger partial charge is 0.131 e. The van der Waals surface area contributed by atoms with Crippen LogP contribution in [0, 0.1) is 6.92 Å². The first-order chi connectivity index (χ1) is 9.13. The molecule has 1 N–H and O–H groups in total. The predicted molar refractivity (Wildman–Crippen MR) is 77.6 cm³/mol. The average Bonchev–Trinajstić information content (AvgIpc) is 3.13. The van der Waals surface area contributed by atoms with Gasteiger partial charge in [-0.1, -0.05) is 0 Å². The van der Waals surface area contributed by atoms with Gasteiger partial charge in [0.2, 0.25) is 0 Å². The van der Waals surface area contributed by atoms with Crippen LogP contribution in [0.15, 0.2) is 0 Å². The van der Waals surface area contributed by atoms with Crippen molar-refractivity contribution in [2.24, 2.45) is 7.05 Å². The molecule has 1 fully saturated rings. The Bertz CT molecular complexity index is 412. The maximum absolute atomic E-state index is 5.43. The molecule has 0 aliphatic heterocycles. The first-order valence-electron chi connectivity index (χ1n) is 7.18. The zero-order chi connectivity index (χ0) is 13.8. The molecule has 108 valence electrons. The van der Waals surface area contributed by atoms with Crippen LogP contribution in [0.3, 0.4) is 0 Å². The van der Waals surface area contributed by atoms with Gasteiger partial charge in [0.25, 0.3) is 0 Å². The number of hydrogen-bond acceptors (Lipinski definition) is 4. The van der Waals surface area contributed by atoms with E-state index in [-0.39, 0.29) is 0 Å². The maximum atomic E-state index is 5.43. The van der Waals surface area contributed by atoms with Crippen LogP contribution in [0.5, 0.6) is 0 Å². The molecule has 0 spiro atoms. The maximum Gasteiger partial charge on any atom is 0.131 e. The Morgan fingerprint density at radius 2 is 2.21 bits per heavy atom. The number of rotatable bonds is 8. The minimum absolute atomic E-state index is 0.723. The van der Waals surface area contributed by atoms with Crippen molar-refractivity contribution in [3.8, 4) is 0 Å². The summed E-state index contributed by atoms with van der Waals surface area (Å²) in [5.74, 6) is 1.20. The molecule has 0 saturated heterocycles. The third-order valence-electron chi connectivity index (χ3n) is 3.59. The average molecular weight is 266 g/mol. The molecule has 1 aromatic rings. The van der Waals surface area contributed by atoms with Gasteiger partial charge in [-0.05, 0) is 26.7 Å². The highest BCUT2D eigenvalue weighted by Crippen LogP contribution is 2.25. The normalized spacial score (nSPS) is 14.9. The van der Waals surface area contributed by atoms with Gasteiger partial charge in [-0.25, -0.2) is 0 Å². The molecule has 0 amide bonds. The summed E-state index contributed by atoms with van der Waals surface area (Å²) >= 11 is 0. The number of likely N-dealkylation sites (N-methyl/N-ethyl adjacent to an activating group) is 1. The van der Waals surface area contributed by atoms with E-state index in [0.29, 0.717) is 0 Å². The fraction of sp³-hybridized carbons (Fsp3) is 0.786. The number of aromatic nitrogens is 2. The van der Waals surface area contributed by atoms with E-state index in [2.05, 4.69) is 29.3 Å². The summed E-state index contributed by atoms with van der Waals surface area (Å²) in [7, 11) is 4.12. The van der Waals surface area contributed by atoms with Crippen LogP contribution in [0.4, 0.5) is 5.82 Å². The number of anilines is 1. The molecule has 0 aromatic carbocycles. The molecule has 0 unspecified atom stereocenters. The van der Waals surface area contributed by atoms with Gasteiger partial charge in [-0.15, -0.1) is 0 Å². The summed E-state index contributed by atoms with van der Waals surface area (Å²) in [6.45, 7) is 7.45. The molecule has 1 aliphatic carbocycles. The zero-order valence-electron chi connectivity index (χ0n) is 12.6. The molecular weight excluding hydrogens is 240 g/mol. The van der Waals surface area contributed by atoms with Crippen molar-refractivity contribution in [1.29, 1.82) is 0 Å². The largest absolute Gasteiger partial charge is 0.380 e. The van der Waals surface area contributed by atoms with Crippen LogP contribution >= 0.6 is 0 Å². The van der Waals surface area contributed by atoms with E-state index < -0.39 is 0 Å². The second-order valence-corrected chi connectivity index (χ2v) is 5.28. The summed E-state index contributed by atoms with van der Waals surface area (Å²) < 4.78 is 7.41. The SMILES string of the molecule is CCOCCN(C)c1c(CNC2CC2)c(C)nn1C. The minimum atomic E-state index is 0.723. The van der Waals surface area contributed by atoms with Crippen LogP contribution in [0.2, 0.25) is 0 Å². The van der Waals surface area contributed by atoms with E-state index in [0.717, 1.165) is 38.0 Å². The Morgan fingerprint density at radius 1 is 1.47 bits per heavy atom. The van der Waals surface area contributed by atoms with Gasteiger partial charge in [0.05, 0.1) is 12.3 Å². The lowest BCUT2D eigenvalue weighted by atomic mass is 10.2. The van der Waals surface area contributed by atoms with Crippen LogP contribution in [0.25, 0.3) is 0 Å². The number of aryl methyl sites for hydroxylation is 2.